The van der Waals surface area contributed by atoms with Crippen molar-refractivity contribution in [3.63, 3.8) is 0 Å². The van der Waals surface area contributed by atoms with Gasteiger partial charge in [-0.15, -0.1) is 24.8 Å². The monoisotopic (exact) mass is 336 g/mol. The highest BCUT2D eigenvalue weighted by Gasteiger charge is 2.24. The highest BCUT2D eigenvalue weighted by Crippen LogP contribution is 2.35. The van der Waals surface area contributed by atoms with Gasteiger partial charge in [0.15, 0.2) is 0 Å². The highest BCUT2D eigenvalue weighted by atomic mass is 35.5. The van der Waals surface area contributed by atoms with Crippen molar-refractivity contribution >= 4 is 24.8 Å². The summed E-state index contributed by atoms with van der Waals surface area (Å²) in [5.74, 6) is 1.05. The first-order chi connectivity index (χ1) is 9.26. The summed E-state index contributed by atoms with van der Waals surface area (Å²) in [6.45, 7) is 6.42. The maximum absolute atomic E-state index is 9.59. The van der Waals surface area contributed by atoms with Gasteiger partial charge in [-0.2, -0.15) is 0 Å². The fourth-order valence-electron chi connectivity index (χ4n) is 2.78. The van der Waals surface area contributed by atoms with E-state index in [2.05, 4.69) is 17.1 Å². The Labute approximate surface area is 139 Å². The molecule has 1 heterocycles. The molecule has 21 heavy (non-hydrogen) atoms. The number of nitrogens with one attached hydrogen (secondary N) is 1. The first-order valence-corrected chi connectivity index (χ1v) is 7.08. The first kappa shape index (κ1) is 20.3. The maximum atomic E-state index is 9.59. The third kappa shape index (κ3) is 5.22. The third-order valence-corrected chi connectivity index (χ3v) is 3.73. The minimum absolute atomic E-state index is 0. The van der Waals surface area contributed by atoms with E-state index in [1.165, 1.54) is 5.56 Å². The van der Waals surface area contributed by atoms with Crippen molar-refractivity contribution in [3.05, 3.63) is 23.8 Å². The number of aromatic hydroxyl groups is 1. The van der Waals surface area contributed by atoms with E-state index in [1.807, 2.05) is 6.07 Å². The van der Waals surface area contributed by atoms with Crippen LogP contribution in [0.25, 0.3) is 0 Å². The molecule has 1 atom stereocenters. The molecular formula is C15H26Cl2N2O2. The van der Waals surface area contributed by atoms with E-state index in [-0.39, 0.29) is 30.6 Å². The number of hydrogen-bond acceptors (Lipinski definition) is 4. The lowest BCUT2D eigenvalue weighted by Crippen LogP contribution is -2.45. The normalized spacial score (nSPS) is 16.5. The number of rotatable bonds is 5. The summed E-state index contributed by atoms with van der Waals surface area (Å²) < 4.78 is 5.44. The molecule has 2 N–H and O–H groups in total. The zero-order chi connectivity index (χ0) is 13.7. The summed E-state index contributed by atoms with van der Waals surface area (Å²) in [5.41, 5.74) is 1.18. The Kier molecular flexibility index (Phi) is 9.79. The van der Waals surface area contributed by atoms with E-state index >= 15 is 0 Å². The van der Waals surface area contributed by atoms with Crippen LogP contribution in [0.2, 0.25) is 0 Å². The van der Waals surface area contributed by atoms with E-state index in [1.54, 1.807) is 19.2 Å². The average molecular weight is 337 g/mol. The van der Waals surface area contributed by atoms with Crippen LogP contribution in [0.15, 0.2) is 18.2 Å². The van der Waals surface area contributed by atoms with Gasteiger partial charge in [0, 0.05) is 43.9 Å². The molecule has 1 aromatic carbocycles. The van der Waals surface area contributed by atoms with Gasteiger partial charge in [-0.3, -0.25) is 4.90 Å². The van der Waals surface area contributed by atoms with Crippen molar-refractivity contribution < 1.29 is 9.84 Å². The van der Waals surface area contributed by atoms with Gasteiger partial charge in [-0.05, 0) is 12.5 Å². The Hall–Kier alpha value is -0.680. The second-order valence-corrected chi connectivity index (χ2v) is 5.02. The smallest absolute Gasteiger partial charge is 0.127 e. The average Bonchev–Trinajstić information content (AvgIpc) is 2.46. The molecule has 0 aliphatic carbocycles. The Morgan fingerprint density at radius 1 is 1.29 bits per heavy atom. The van der Waals surface area contributed by atoms with Gasteiger partial charge >= 0.3 is 0 Å². The van der Waals surface area contributed by atoms with E-state index < -0.39 is 0 Å². The van der Waals surface area contributed by atoms with Gasteiger partial charge in [0.25, 0.3) is 0 Å². The quantitative estimate of drug-likeness (QED) is 0.867. The minimum Gasteiger partial charge on any atom is -0.508 e. The lowest BCUT2D eigenvalue weighted by molar-refractivity contribution is 0.162. The number of nitrogens with zero attached hydrogens (tertiary/aromatic N) is 1. The van der Waals surface area contributed by atoms with Gasteiger partial charge in [-0.1, -0.05) is 19.4 Å². The number of halogens is 2. The second kappa shape index (κ2) is 10.1. The molecule has 1 aliphatic rings. The number of piperazine rings is 1. The molecular weight excluding hydrogens is 311 g/mol. The van der Waals surface area contributed by atoms with Crippen molar-refractivity contribution in [2.75, 3.05) is 33.3 Å². The molecule has 2 rings (SSSR count). The van der Waals surface area contributed by atoms with Gasteiger partial charge < -0.3 is 15.2 Å². The SMILES string of the molecule is CCC[C@H](c1ccc(O)cc1OC)N1CCNCC1.Cl.Cl. The summed E-state index contributed by atoms with van der Waals surface area (Å²) in [5, 5.41) is 13.0. The third-order valence-electron chi connectivity index (χ3n) is 3.73. The van der Waals surface area contributed by atoms with Gasteiger partial charge in [0.05, 0.1) is 7.11 Å². The lowest BCUT2D eigenvalue weighted by Gasteiger charge is -2.35. The Morgan fingerprint density at radius 3 is 2.52 bits per heavy atom. The predicted octanol–water partition coefficient (Wildman–Crippen LogP) is 2.99. The highest BCUT2D eigenvalue weighted by molar-refractivity contribution is 5.85. The molecule has 1 aliphatic heterocycles. The maximum Gasteiger partial charge on any atom is 0.127 e. The molecule has 0 radical (unpaired) electrons. The predicted molar refractivity (Wildman–Crippen MR) is 91.2 cm³/mol. The van der Waals surface area contributed by atoms with Crippen LogP contribution in [0.3, 0.4) is 0 Å². The largest absolute Gasteiger partial charge is 0.508 e. The summed E-state index contributed by atoms with van der Waals surface area (Å²) in [6.07, 6.45) is 2.25. The van der Waals surface area contributed by atoms with Crippen LogP contribution in [0.1, 0.15) is 31.4 Å². The molecule has 6 heteroatoms. The van der Waals surface area contributed by atoms with E-state index in [0.717, 1.165) is 44.8 Å². The number of benzene rings is 1. The van der Waals surface area contributed by atoms with Crippen LogP contribution in [-0.2, 0) is 0 Å². The van der Waals surface area contributed by atoms with Gasteiger partial charge in [-0.25, -0.2) is 0 Å². The summed E-state index contributed by atoms with van der Waals surface area (Å²) in [4.78, 5) is 2.51. The van der Waals surface area contributed by atoms with E-state index in [0.29, 0.717) is 6.04 Å². The van der Waals surface area contributed by atoms with Gasteiger partial charge in [0.1, 0.15) is 11.5 Å². The van der Waals surface area contributed by atoms with E-state index in [9.17, 15) is 5.11 Å². The minimum atomic E-state index is 0. The standard InChI is InChI=1S/C15H24N2O2.2ClH/c1-3-4-14(17-9-7-16-8-10-17)13-6-5-12(18)11-15(13)19-2;;/h5-6,11,14,16,18H,3-4,7-10H2,1-2H3;2*1H/t14-;;/m1../s1. The van der Waals surface area contributed by atoms with Crippen LogP contribution < -0.4 is 10.1 Å². The number of methoxy groups -OCH3 is 1. The van der Waals surface area contributed by atoms with Crippen LogP contribution >= 0.6 is 24.8 Å². The van der Waals surface area contributed by atoms with Crippen LogP contribution in [0, 0.1) is 0 Å². The fourth-order valence-corrected chi connectivity index (χ4v) is 2.78. The van der Waals surface area contributed by atoms with Crippen molar-refractivity contribution in [2.45, 2.75) is 25.8 Å². The molecule has 0 unspecified atom stereocenters. The van der Waals surface area contributed by atoms with E-state index in [4.69, 9.17) is 4.74 Å². The molecule has 1 aromatic rings. The topological polar surface area (TPSA) is 44.7 Å². The summed E-state index contributed by atoms with van der Waals surface area (Å²) in [7, 11) is 1.67. The van der Waals surface area contributed by atoms with Crippen molar-refractivity contribution in [1.29, 1.82) is 0 Å². The number of hydrogen-bond donors (Lipinski definition) is 2. The zero-order valence-corrected chi connectivity index (χ0v) is 14.3. The zero-order valence-electron chi connectivity index (χ0n) is 12.7. The summed E-state index contributed by atoms with van der Waals surface area (Å²) >= 11 is 0. The first-order valence-electron chi connectivity index (χ1n) is 7.08. The Morgan fingerprint density at radius 2 is 1.95 bits per heavy atom. The number of ether oxygens (including phenoxy) is 1. The Balaban J connectivity index is 0.00000200. The number of phenolic OH excluding ortho intramolecular Hbond substituents is 1. The van der Waals surface area contributed by atoms with Gasteiger partial charge in [0.2, 0.25) is 0 Å². The molecule has 4 nitrogen and oxygen atoms in total. The molecule has 1 fully saturated rings. The van der Waals surface area contributed by atoms with Crippen LogP contribution in [0.5, 0.6) is 11.5 Å². The molecule has 1 saturated heterocycles. The molecule has 0 amide bonds. The fraction of sp³-hybridized carbons (Fsp3) is 0.600. The van der Waals surface area contributed by atoms with Crippen molar-refractivity contribution in [1.82, 2.24) is 10.2 Å². The molecule has 0 saturated carbocycles. The molecule has 122 valence electrons. The Bertz CT molecular complexity index is 413. The molecule has 0 spiro atoms. The molecule has 0 aromatic heterocycles. The summed E-state index contributed by atoms with van der Waals surface area (Å²) in [6, 6.07) is 5.84. The van der Waals surface area contributed by atoms with Crippen molar-refractivity contribution in [3.8, 4) is 11.5 Å². The van der Waals surface area contributed by atoms with Crippen LogP contribution in [-0.4, -0.2) is 43.3 Å². The second-order valence-electron chi connectivity index (χ2n) is 5.02. The lowest BCUT2D eigenvalue weighted by atomic mass is 9.98. The van der Waals surface area contributed by atoms with Crippen LogP contribution in [0.4, 0.5) is 0 Å². The number of phenols is 1. The van der Waals surface area contributed by atoms with Crippen molar-refractivity contribution in [2.24, 2.45) is 0 Å². The molecule has 0 bridgehead atoms.